The van der Waals surface area contributed by atoms with E-state index in [9.17, 15) is 4.79 Å². The van der Waals surface area contributed by atoms with E-state index in [2.05, 4.69) is 42.1 Å². The molecule has 2 rings (SSSR count). The van der Waals surface area contributed by atoms with Crippen molar-refractivity contribution in [2.75, 3.05) is 7.05 Å². The van der Waals surface area contributed by atoms with Crippen molar-refractivity contribution in [1.82, 2.24) is 9.58 Å². The summed E-state index contributed by atoms with van der Waals surface area (Å²) in [7, 11) is 3.66. The van der Waals surface area contributed by atoms with E-state index in [0.29, 0.717) is 6.42 Å². The third kappa shape index (κ3) is 3.15. The second-order valence-corrected chi connectivity index (χ2v) is 4.99. The van der Waals surface area contributed by atoms with Gasteiger partial charge in [0.2, 0.25) is 5.91 Å². The normalized spacial score (nSPS) is 10.9. The number of nitrogens with zero attached hydrogens (tertiary/aromatic N) is 2. The van der Waals surface area contributed by atoms with Gasteiger partial charge in [0.05, 0.1) is 0 Å². The molecule has 2 N–H and O–H groups in total. The Labute approximate surface area is 113 Å². The number of nitrogens with two attached hydrogens (primary N) is 1. The van der Waals surface area contributed by atoms with E-state index in [1.54, 1.807) is 7.05 Å². The topological polar surface area (TPSA) is 51.3 Å². The SMILES string of the molecule is CN(N)C(=O)CCCCc1cn(C)c2ccccc12. The summed E-state index contributed by atoms with van der Waals surface area (Å²) in [5, 5.41) is 2.48. The molecule has 0 saturated carbocycles. The molecule has 0 aliphatic rings. The molecule has 0 unspecified atom stereocenters. The molecule has 0 aliphatic heterocycles. The van der Waals surface area contributed by atoms with Gasteiger partial charge in [-0.15, -0.1) is 0 Å². The molecule has 0 bridgehead atoms. The number of carbonyl (C=O) groups is 1. The first kappa shape index (κ1) is 13.6. The summed E-state index contributed by atoms with van der Waals surface area (Å²) in [5.41, 5.74) is 2.61. The van der Waals surface area contributed by atoms with Crippen LogP contribution in [0.25, 0.3) is 10.9 Å². The van der Waals surface area contributed by atoms with Gasteiger partial charge < -0.3 is 4.57 Å². The lowest BCUT2D eigenvalue weighted by Gasteiger charge is -2.08. The third-order valence-corrected chi connectivity index (χ3v) is 3.46. The highest BCUT2D eigenvalue weighted by Gasteiger charge is 2.07. The monoisotopic (exact) mass is 259 g/mol. The first-order chi connectivity index (χ1) is 9.09. The van der Waals surface area contributed by atoms with E-state index in [0.717, 1.165) is 24.3 Å². The highest BCUT2D eigenvalue weighted by molar-refractivity contribution is 5.83. The fourth-order valence-electron chi connectivity index (χ4n) is 2.39. The molecule has 0 fully saturated rings. The number of carbonyl (C=O) groups excluding carboxylic acids is 1. The summed E-state index contributed by atoms with van der Waals surface area (Å²) in [6.07, 6.45) is 5.60. The lowest BCUT2D eigenvalue weighted by Crippen LogP contribution is -2.32. The molecule has 1 aromatic carbocycles. The van der Waals surface area contributed by atoms with E-state index < -0.39 is 0 Å². The van der Waals surface area contributed by atoms with Crippen molar-refractivity contribution in [1.29, 1.82) is 0 Å². The Morgan fingerprint density at radius 3 is 2.79 bits per heavy atom. The predicted octanol–water partition coefficient (Wildman–Crippen LogP) is 2.22. The number of fused-ring (bicyclic) bond motifs is 1. The van der Waals surface area contributed by atoms with Crippen molar-refractivity contribution in [2.45, 2.75) is 25.7 Å². The third-order valence-electron chi connectivity index (χ3n) is 3.46. The minimum atomic E-state index is -0.00193. The van der Waals surface area contributed by atoms with Gasteiger partial charge >= 0.3 is 0 Å². The van der Waals surface area contributed by atoms with Crippen molar-refractivity contribution in [3.63, 3.8) is 0 Å². The molecule has 102 valence electrons. The fraction of sp³-hybridized carbons (Fsp3) is 0.400. The van der Waals surface area contributed by atoms with Crippen LogP contribution in [0.3, 0.4) is 0 Å². The molecule has 2 aromatic rings. The summed E-state index contributed by atoms with van der Waals surface area (Å²) in [5.74, 6) is 5.39. The number of benzene rings is 1. The van der Waals surface area contributed by atoms with Gasteiger partial charge in [-0.3, -0.25) is 9.80 Å². The Balaban J connectivity index is 1.94. The number of unbranched alkanes of at least 4 members (excludes halogenated alkanes) is 1. The molecule has 4 heteroatoms. The zero-order valence-electron chi connectivity index (χ0n) is 11.6. The van der Waals surface area contributed by atoms with Gasteiger partial charge in [-0.1, -0.05) is 18.2 Å². The molecule has 0 saturated heterocycles. The van der Waals surface area contributed by atoms with Crippen LogP contribution in [0.15, 0.2) is 30.5 Å². The number of amides is 1. The molecule has 1 aromatic heterocycles. The van der Waals surface area contributed by atoms with Crippen molar-refractivity contribution in [3.8, 4) is 0 Å². The van der Waals surface area contributed by atoms with Crippen molar-refractivity contribution < 1.29 is 4.79 Å². The van der Waals surface area contributed by atoms with Gasteiger partial charge in [0.15, 0.2) is 0 Å². The summed E-state index contributed by atoms with van der Waals surface area (Å²) in [6.45, 7) is 0. The molecule has 0 radical (unpaired) electrons. The highest BCUT2D eigenvalue weighted by atomic mass is 16.2. The van der Waals surface area contributed by atoms with Crippen molar-refractivity contribution >= 4 is 16.8 Å². The summed E-state index contributed by atoms with van der Waals surface area (Å²) >= 11 is 0. The van der Waals surface area contributed by atoms with Gasteiger partial charge in [0.1, 0.15) is 0 Å². The summed E-state index contributed by atoms with van der Waals surface area (Å²) in [4.78, 5) is 11.4. The van der Waals surface area contributed by atoms with Crippen LogP contribution in [0.1, 0.15) is 24.8 Å². The van der Waals surface area contributed by atoms with Crippen molar-refractivity contribution in [3.05, 3.63) is 36.0 Å². The van der Waals surface area contributed by atoms with E-state index in [-0.39, 0.29) is 5.91 Å². The summed E-state index contributed by atoms with van der Waals surface area (Å²) in [6, 6.07) is 8.41. The van der Waals surface area contributed by atoms with Crippen molar-refractivity contribution in [2.24, 2.45) is 12.9 Å². The van der Waals surface area contributed by atoms with Gasteiger partial charge in [-0.25, -0.2) is 5.84 Å². The van der Waals surface area contributed by atoms with E-state index >= 15 is 0 Å². The molecule has 0 atom stereocenters. The van der Waals surface area contributed by atoms with Gasteiger partial charge in [-0.2, -0.15) is 0 Å². The largest absolute Gasteiger partial charge is 0.350 e. The lowest BCUT2D eigenvalue weighted by molar-refractivity contribution is -0.130. The smallest absolute Gasteiger partial charge is 0.236 e. The van der Waals surface area contributed by atoms with Gasteiger partial charge in [-0.05, 0) is 30.9 Å². The average molecular weight is 259 g/mol. The molecule has 1 amide bonds. The molecular formula is C15H21N3O. The van der Waals surface area contributed by atoms with Gasteiger partial charge in [0, 0.05) is 37.6 Å². The Morgan fingerprint density at radius 1 is 1.32 bits per heavy atom. The summed E-state index contributed by atoms with van der Waals surface area (Å²) < 4.78 is 2.16. The Hall–Kier alpha value is -1.81. The van der Waals surface area contributed by atoms with Gasteiger partial charge in [0.25, 0.3) is 0 Å². The minimum absolute atomic E-state index is 0.00193. The minimum Gasteiger partial charge on any atom is -0.350 e. The average Bonchev–Trinajstić information content (AvgIpc) is 2.72. The Morgan fingerprint density at radius 2 is 2.05 bits per heavy atom. The van der Waals surface area contributed by atoms with Crippen LogP contribution >= 0.6 is 0 Å². The molecule has 0 spiro atoms. The highest BCUT2D eigenvalue weighted by Crippen LogP contribution is 2.22. The molecule has 1 heterocycles. The standard InChI is InChI=1S/C15H21N3O/c1-17-11-12(13-8-4-5-9-14(13)17)7-3-6-10-15(19)18(2)16/h4-5,8-9,11H,3,6-7,10,16H2,1-2H3. The molecule has 0 aliphatic carbocycles. The second kappa shape index (κ2) is 5.89. The maximum absolute atomic E-state index is 11.4. The van der Waals surface area contributed by atoms with Crippen LogP contribution in [0, 0.1) is 0 Å². The van der Waals surface area contributed by atoms with E-state index in [4.69, 9.17) is 5.84 Å². The molecule has 4 nitrogen and oxygen atoms in total. The molecular weight excluding hydrogens is 238 g/mol. The van der Waals surface area contributed by atoms with Crippen LogP contribution in [0.5, 0.6) is 0 Å². The first-order valence-corrected chi connectivity index (χ1v) is 6.64. The quantitative estimate of drug-likeness (QED) is 0.387. The number of hydrogen-bond acceptors (Lipinski definition) is 2. The predicted molar refractivity (Wildman–Crippen MR) is 77.4 cm³/mol. The van der Waals surface area contributed by atoms with Crippen LogP contribution < -0.4 is 5.84 Å². The van der Waals surface area contributed by atoms with Crippen LogP contribution in [-0.2, 0) is 18.3 Å². The first-order valence-electron chi connectivity index (χ1n) is 6.64. The molecule has 19 heavy (non-hydrogen) atoms. The number of rotatable bonds is 5. The zero-order chi connectivity index (χ0) is 13.8. The number of aryl methyl sites for hydroxylation is 2. The second-order valence-electron chi connectivity index (χ2n) is 4.99. The number of aromatic nitrogens is 1. The number of hydrogen-bond donors (Lipinski definition) is 1. The van der Waals surface area contributed by atoms with Crippen LogP contribution in [0.2, 0.25) is 0 Å². The Bertz CT molecular complexity index is 572. The lowest BCUT2D eigenvalue weighted by atomic mass is 10.1. The fourth-order valence-corrected chi connectivity index (χ4v) is 2.39. The van der Waals surface area contributed by atoms with Crippen LogP contribution in [0.4, 0.5) is 0 Å². The maximum Gasteiger partial charge on any atom is 0.236 e. The van der Waals surface area contributed by atoms with E-state index in [1.165, 1.54) is 16.5 Å². The van der Waals surface area contributed by atoms with E-state index in [1.807, 2.05) is 0 Å². The van der Waals surface area contributed by atoms with Crippen LogP contribution in [-0.4, -0.2) is 22.5 Å². The number of para-hydroxylation sites is 1. The number of hydrazine groups is 1. The maximum atomic E-state index is 11.4. The zero-order valence-corrected chi connectivity index (χ0v) is 11.6. The Kier molecular flexibility index (Phi) is 4.22.